The molecule has 6 nitrogen and oxygen atoms in total. The SMILES string of the molecule is CCCCCCCCCCCC(=O)O[C@@H](COC(=O)CCCCCCCCCCCCCCCCCCCCC(C)CC)COC(=O)CCCCCCCCCCC(C)C. The molecule has 356 valence electrons. The Morgan fingerprint density at radius 3 is 0.950 bits per heavy atom. The molecule has 0 radical (unpaired) electrons. The third-order valence-electron chi connectivity index (χ3n) is 12.6. The summed E-state index contributed by atoms with van der Waals surface area (Å²) < 4.78 is 16.8. The first kappa shape index (κ1) is 58.4. The van der Waals surface area contributed by atoms with Gasteiger partial charge in [-0.15, -0.1) is 0 Å². The summed E-state index contributed by atoms with van der Waals surface area (Å²) in [6.07, 6.45) is 48.2. The molecule has 6 heteroatoms. The highest BCUT2D eigenvalue weighted by Crippen LogP contribution is 2.18. The van der Waals surface area contributed by atoms with Crippen LogP contribution in [0.2, 0.25) is 0 Å². The Hall–Kier alpha value is -1.59. The Balaban J connectivity index is 4.13. The molecule has 0 saturated heterocycles. The van der Waals surface area contributed by atoms with Crippen molar-refractivity contribution in [1.82, 2.24) is 0 Å². The van der Waals surface area contributed by atoms with Crippen LogP contribution < -0.4 is 0 Å². The maximum absolute atomic E-state index is 12.7. The molecule has 0 bridgehead atoms. The standard InChI is InChI=1S/C54H104O6/c1-6-8-9-10-11-22-31-36-41-46-54(57)60-51(48-59-53(56)45-40-35-30-26-25-27-32-37-42-49(3)4)47-58-52(55)44-39-34-29-24-21-19-17-15-13-12-14-16-18-20-23-28-33-38-43-50(5)7-2/h49-51H,6-48H2,1-5H3/t50?,51-/m0/s1. The second-order valence-corrected chi connectivity index (χ2v) is 19.2. The Kier molecular flexibility index (Phi) is 45.7. The predicted octanol–water partition coefficient (Wildman–Crippen LogP) is 17.3. The zero-order valence-corrected chi connectivity index (χ0v) is 41.1. The van der Waals surface area contributed by atoms with E-state index in [9.17, 15) is 14.4 Å². The largest absolute Gasteiger partial charge is 0.462 e. The Morgan fingerprint density at radius 1 is 0.350 bits per heavy atom. The molecule has 0 aromatic carbocycles. The summed E-state index contributed by atoms with van der Waals surface area (Å²) in [5.74, 6) is 0.855. The van der Waals surface area contributed by atoms with Crippen molar-refractivity contribution < 1.29 is 28.6 Å². The molecule has 0 aromatic heterocycles. The number of rotatable bonds is 48. The third-order valence-corrected chi connectivity index (χ3v) is 12.6. The fourth-order valence-electron chi connectivity index (χ4n) is 8.13. The van der Waals surface area contributed by atoms with Gasteiger partial charge in [0.15, 0.2) is 6.10 Å². The number of hydrogen-bond donors (Lipinski definition) is 0. The molecule has 0 fully saturated rings. The zero-order chi connectivity index (χ0) is 44.0. The molecule has 0 saturated carbocycles. The van der Waals surface area contributed by atoms with Gasteiger partial charge >= 0.3 is 17.9 Å². The van der Waals surface area contributed by atoms with Gasteiger partial charge in [0.05, 0.1) is 0 Å². The van der Waals surface area contributed by atoms with Gasteiger partial charge in [-0.05, 0) is 31.1 Å². The van der Waals surface area contributed by atoms with Crippen molar-refractivity contribution in [3.8, 4) is 0 Å². The summed E-state index contributed by atoms with van der Waals surface area (Å²) in [4.78, 5) is 37.8. The van der Waals surface area contributed by atoms with Crippen LogP contribution in [0.5, 0.6) is 0 Å². The molecule has 0 aliphatic carbocycles. The number of unbranched alkanes of at least 4 members (excludes halogenated alkanes) is 32. The lowest BCUT2D eigenvalue weighted by Crippen LogP contribution is -2.30. The minimum absolute atomic E-state index is 0.0640. The smallest absolute Gasteiger partial charge is 0.306 e. The van der Waals surface area contributed by atoms with Crippen molar-refractivity contribution >= 4 is 17.9 Å². The summed E-state index contributed by atoms with van der Waals surface area (Å²) in [6.45, 7) is 11.4. The van der Waals surface area contributed by atoms with E-state index < -0.39 is 6.10 Å². The van der Waals surface area contributed by atoms with Crippen molar-refractivity contribution in [2.45, 2.75) is 304 Å². The summed E-state index contributed by atoms with van der Waals surface area (Å²) in [5, 5.41) is 0. The average Bonchev–Trinajstić information content (AvgIpc) is 3.23. The number of hydrogen-bond acceptors (Lipinski definition) is 6. The first-order chi connectivity index (χ1) is 29.3. The number of esters is 3. The van der Waals surface area contributed by atoms with Gasteiger partial charge in [-0.1, -0.05) is 259 Å². The monoisotopic (exact) mass is 849 g/mol. The van der Waals surface area contributed by atoms with Gasteiger partial charge < -0.3 is 14.2 Å². The normalized spacial score (nSPS) is 12.5. The van der Waals surface area contributed by atoms with E-state index in [1.165, 1.54) is 186 Å². The van der Waals surface area contributed by atoms with E-state index in [0.717, 1.165) is 69.6 Å². The van der Waals surface area contributed by atoms with Gasteiger partial charge in [0.25, 0.3) is 0 Å². The predicted molar refractivity (Wildman–Crippen MR) is 256 cm³/mol. The molecule has 60 heavy (non-hydrogen) atoms. The van der Waals surface area contributed by atoms with Gasteiger partial charge in [-0.2, -0.15) is 0 Å². The van der Waals surface area contributed by atoms with Crippen LogP contribution in [0.15, 0.2) is 0 Å². The summed E-state index contributed by atoms with van der Waals surface area (Å²) in [5.41, 5.74) is 0. The molecule has 0 spiro atoms. The van der Waals surface area contributed by atoms with Crippen LogP contribution >= 0.6 is 0 Å². The minimum Gasteiger partial charge on any atom is -0.462 e. The summed E-state index contributed by atoms with van der Waals surface area (Å²) in [6, 6.07) is 0. The Bertz CT molecular complexity index is 918. The molecule has 2 atom stereocenters. The minimum atomic E-state index is -0.761. The van der Waals surface area contributed by atoms with Gasteiger partial charge in [0.1, 0.15) is 13.2 Å². The fraction of sp³-hybridized carbons (Fsp3) is 0.944. The van der Waals surface area contributed by atoms with E-state index >= 15 is 0 Å². The molecular formula is C54H104O6. The topological polar surface area (TPSA) is 78.9 Å². The van der Waals surface area contributed by atoms with Gasteiger partial charge in [0, 0.05) is 19.3 Å². The maximum atomic E-state index is 12.7. The molecule has 0 rings (SSSR count). The summed E-state index contributed by atoms with van der Waals surface area (Å²) in [7, 11) is 0. The Labute approximate surface area is 374 Å². The first-order valence-corrected chi connectivity index (χ1v) is 26.8. The second kappa shape index (κ2) is 46.9. The van der Waals surface area contributed by atoms with Gasteiger partial charge in [-0.3, -0.25) is 14.4 Å². The zero-order valence-electron chi connectivity index (χ0n) is 41.1. The van der Waals surface area contributed by atoms with Crippen LogP contribution in [0, 0.1) is 11.8 Å². The number of carbonyl (C=O) groups is 3. The maximum Gasteiger partial charge on any atom is 0.306 e. The van der Waals surface area contributed by atoms with Crippen molar-refractivity contribution in [3.05, 3.63) is 0 Å². The third kappa shape index (κ3) is 45.9. The van der Waals surface area contributed by atoms with Crippen LogP contribution in [0.25, 0.3) is 0 Å². The van der Waals surface area contributed by atoms with Crippen LogP contribution in [0.4, 0.5) is 0 Å². The summed E-state index contributed by atoms with van der Waals surface area (Å²) >= 11 is 0. The van der Waals surface area contributed by atoms with E-state index in [2.05, 4.69) is 34.6 Å². The van der Waals surface area contributed by atoms with Crippen molar-refractivity contribution in [3.63, 3.8) is 0 Å². The molecule has 0 aliphatic heterocycles. The number of ether oxygens (including phenoxy) is 3. The molecule has 0 amide bonds. The van der Waals surface area contributed by atoms with E-state index in [0.29, 0.717) is 19.3 Å². The van der Waals surface area contributed by atoms with Crippen molar-refractivity contribution in [2.24, 2.45) is 11.8 Å². The van der Waals surface area contributed by atoms with Crippen LogP contribution in [0.1, 0.15) is 298 Å². The second-order valence-electron chi connectivity index (χ2n) is 19.2. The highest BCUT2D eigenvalue weighted by Gasteiger charge is 2.19. The lowest BCUT2D eigenvalue weighted by molar-refractivity contribution is -0.167. The molecule has 0 aliphatic rings. The average molecular weight is 849 g/mol. The van der Waals surface area contributed by atoms with E-state index in [1.54, 1.807) is 0 Å². The molecular weight excluding hydrogens is 745 g/mol. The lowest BCUT2D eigenvalue weighted by atomic mass is 9.99. The molecule has 1 unspecified atom stereocenters. The van der Waals surface area contributed by atoms with Crippen LogP contribution in [0.3, 0.4) is 0 Å². The molecule has 0 heterocycles. The first-order valence-electron chi connectivity index (χ1n) is 26.8. The van der Waals surface area contributed by atoms with E-state index in [-0.39, 0.29) is 31.1 Å². The highest BCUT2D eigenvalue weighted by molar-refractivity contribution is 5.71. The van der Waals surface area contributed by atoms with E-state index in [4.69, 9.17) is 14.2 Å². The van der Waals surface area contributed by atoms with E-state index in [1.807, 2.05) is 0 Å². The molecule has 0 N–H and O–H groups in total. The van der Waals surface area contributed by atoms with Crippen LogP contribution in [-0.2, 0) is 28.6 Å². The lowest BCUT2D eigenvalue weighted by Gasteiger charge is -2.18. The van der Waals surface area contributed by atoms with Crippen LogP contribution in [-0.4, -0.2) is 37.2 Å². The van der Waals surface area contributed by atoms with Gasteiger partial charge in [0.2, 0.25) is 0 Å². The van der Waals surface area contributed by atoms with Gasteiger partial charge in [-0.25, -0.2) is 0 Å². The Morgan fingerprint density at radius 2 is 0.633 bits per heavy atom. The quantitative estimate of drug-likeness (QED) is 0.0345. The molecule has 0 aromatic rings. The number of carbonyl (C=O) groups excluding carboxylic acids is 3. The van der Waals surface area contributed by atoms with Crippen molar-refractivity contribution in [1.29, 1.82) is 0 Å². The highest BCUT2D eigenvalue weighted by atomic mass is 16.6. The fourth-order valence-corrected chi connectivity index (χ4v) is 8.13. The van der Waals surface area contributed by atoms with Crippen molar-refractivity contribution in [2.75, 3.05) is 13.2 Å².